The van der Waals surface area contributed by atoms with Gasteiger partial charge in [0.2, 0.25) is 0 Å². The highest BCUT2D eigenvalue weighted by Gasteiger charge is 2.28. The lowest BCUT2D eigenvalue weighted by Gasteiger charge is -2.19. The highest BCUT2D eigenvalue weighted by atomic mass is 16.5. The Hall–Kier alpha value is -1.02. The van der Waals surface area contributed by atoms with E-state index in [0.717, 1.165) is 24.8 Å². The van der Waals surface area contributed by atoms with Crippen molar-refractivity contribution in [3.05, 3.63) is 29.8 Å². The van der Waals surface area contributed by atoms with Crippen molar-refractivity contribution in [2.24, 2.45) is 5.92 Å². The lowest BCUT2D eigenvalue weighted by Crippen LogP contribution is -2.10. The minimum absolute atomic E-state index is 0.617. The topological polar surface area (TPSA) is 21.3 Å². The van der Waals surface area contributed by atoms with Gasteiger partial charge in [-0.05, 0) is 24.1 Å². The fourth-order valence-electron chi connectivity index (χ4n) is 2.50. The van der Waals surface area contributed by atoms with Gasteiger partial charge in [-0.25, -0.2) is 0 Å². The monoisotopic (exact) mass is 205 g/mol. The van der Waals surface area contributed by atoms with Crippen molar-refractivity contribution >= 4 is 0 Å². The summed E-state index contributed by atoms with van der Waals surface area (Å²) in [5.74, 6) is 2.40. The van der Waals surface area contributed by atoms with Gasteiger partial charge in [0, 0.05) is 12.5 Å². The van der Waals surface area contributed by atoms with Gasteiger partial charge in [0.05, 0.1) is 7.11 Å². The van der Waals surface area contributed by atoms with Crippen LogP contribution >= 0.6 is 0 Å². The lowest BCUT2D eigenvalue weighted by atomic mass is 9.87. The molecular formula is C13H19NO. The van der Waals surface area contributed by atoms with Crippen molar-refractivity contribution in [3.63, 3.8) is 0 Å². The Morgan fingerprint density at radius 1 is 1.33 bits per heavy atom. The fourth-order valence-corrected chi connectivity index (χ4v) is 2.50. The Morgan fingerprint density at radius 2 is 2.13 bits per heavy atom. The van der Waals surface area contributed by atoms with Crippen LogP contribution in [0.1, 0.15) is 24.8 Å². The molecule has 0 bridgehead atoms. The molecule has 1 N–H and O–H groups in total. The van der Waals surface area contributed by atoms with Crippen LogP contribution in [0.3, 0.4) is 0 Å². The summed E-state index contributed by atoms with van der Waals surface area (Å²) in [4.78, 5) is 0. The molecule has 2 unspecified atom stereocenters. The molecule has 1 aromatic rings. The minimum Gasteiger partial charge on any atom is -0.496 e. The van der Waals surface area contributed by atoms with Crippen molar-refractivity contribution in [3.8, 4) is 5.75 Å². The van der Waals surface area contributed by atoms with Crippen LogP contribution in [-0.4, -0.2) is 20.2 Å². The van der Waals surface area contributed by atoms with Gasteiger partial charge in [-0.3, -0.25) is 0 Å². The van der Waals surface area contributed by atoms with E-state index in [2.05, 4.69) is 30.4 Å². The molecule has 1 fully saturated rings. The second-order valence-electron chi connectivity index (χ2n) is 4.18. The van der Waals surface area contributed by atoms with Crippen LogP contribution in [0.25, 0.3) is 0 Å². The summed E-state index contributed by atoms with van der Waals surface area (Å²) in [5.41, 5.74) is 1.36. The Morgan fingerprint density at radius 3 is 2.87 bits per heavy atom. The second-order valence-corrected chi connectivity index (χ2v) is 4.18. The highest BCUT2D eigenvalue weighted by Crippen LogP contribution is 2.35. The van der Waals surface area contributed by atoms with Crippen LogP contribution in [-0.2, 0) is 0 Å². The number of ether oxygens (including phenoxy) is 1. The summed E-state index contributed by atoms with van der Waals surface area (Å²) in [7, 11) is 1.75. The van der Waals surface area contributed by atoms with E-state index in [9.17, 15) is 0 Å². The molecule has 0 spiro atoms. The largest absolute Gasteiger partial charge is 0.496 e. The van der Waals surface area contributed by atoms with Crippen molar-refractivity contribution in [1.82, 2.24) is 5.32 Å². The van der Waals surface area contributed by atoms with Crippen LogP contribution in [0, 0.1) is 5.92 Å². The van der Waals surface area contributed by atoms with E-state index in [4.69, 9.17) is 4.74 Å². The highest BCUT2D eigenvalue weighted by molar-refractivity contribution is 5.37. The number of methoxy groups -OCH3 is 1. The Kier molecular flexibility index (Phi) is 3.27. The van der Waals surface area contributed by atoms with Crippen molar-refractivity contribution < 1.29 is 4.74 Å². The average Bonchev–Trinajstić information content (AvgIpc) is 2.76. The Labute approximate surface area is 91.6 Å². The molecule has 1 aliphatic rings. The first-order chi connectivity index (χ1) is 7.36. The molecule has 0 saturated carbocycles. The van der Waals surface area contributed by atoms with Crippen molar-refractivity contribution in [2.75, 3.05) is 20.2 Å². The summed E-state index contributed by atoms with van der Waals surface area (Å²) in [6.07, 6.45) is 1.23. The number of hydrogen-bond acceptors (Lipinski definition) is 2. The van der Waals surface area contributed by atoms with Crippen molar-refractivity contribution in [2.45, 2.75) is 19.3 Å². The molecule has 1 aliphatic heterocycles. The zero-order valence-electron chi connectivity index (χ0n) is 9.49. The summed E-state index contributed by atoms with van der Waals surface area (Å²) in [6.45, 7) is 4.48. The van der Waals surface area contributed by atoms with E-state index in [-0.39, 0.29) is 0 Å². The maximum atomic E-state index is 5.42. The van der Waals surface area contributed by atoms with E-state index in [1.807, 2.05) is 6.07 Å². The molecule has 1 saturated heterocycles. The maximum absolute atomic E-state index is 5.42. The first-order valence-electron chi connectivity index (χ1n) is 5.70. The standard InChI is InChI=1S/C13H19NO/c1-3-10-8-14-9-12(10)11-6-4-5-7-13(11)15-2/h4-7,10,12,14H,3,8-9H2,1-2H3. The molecule has 2 rings (SSSR count). The third-order valence-corrected chi connectivity index (χ3v) is 3.40. The van der Waals surface area contributed by atoms with Gasteiger partial charge >= 0.3 is 0 Å². The average molecular weight is 205 g/mol. The predicted octanol–water partition coefficient (Wildman–Crippen LogP) is 2.41. The zero-order valence-corrected chi connectivity index (χ0v) is 9.49. The SMILES string of the molecule is CCC1CNCC1c1ccccc1OC. The van der Waals surface area contributed by atoms with E-state index in [1.54, 1.807) is 7.11 Å². The minimum atomic E-state index is 0.617. The normalized spacial score (nSPS) is 25.5. The number of para-hydroxylation sites is 1. The summed E-state index contributed by atoms with van der Waals surface area (Å²) in [6, 6.07) is 8.38. The van der Waals surface area contributed by atoms with Crippen LogP contribution in [0.15, 0.2) is 24.3 Å². The number of benzene rings is 1. The predicted molar refractivity (Wildman–Crippen MR) is 62.4 cm³/mol. The Balaban J connectivity index is 2.27. The van der Waals surface area contributed by atoms with E-state index >= 15 is 0 Å². The van der Waals surface area contributed by atoms with Gasteiger partial charge in [0.25, 0.3) is 0 Å². The van der Waals surface area contributed by atoms with Gasteiger partial charge in [0.15, 0.2) is 0 Å². The van der Waals surface area contributed by atoms with Crippen LogP contribution in [0.5, 0.6) is 5.75 Å². The molecule has 0 radical (unpaired) electrons. The lowest BCUT2D eigenvalue weighted by molar-refractivity contribution is 0.397. The smallest absolute Gasteiger partial charge is 0.122 e. The molecule has 2 nitrogen and oxygen atoms in total. The van der Waals surface area contributed by atoms with Gasteiger partial charge in [-0.15, -0.1) is 0 Å². The molecule has 1 heterocycles. The second kappa shape index (κ2) is 4.67. The van der Waals surface area contributed by atoms with E-state index in [0.29, 0.717) is 5.92 Å². The third-order valence-electron chi connectivity index (χ3n) is 3.40. The molecule has 2 heteroatoms. The molecule has 2 atom stereocenters. The maximum Gasteiger partial charge on any atom is 0.122 e. The summed E-state index contributed by atoms with van der Waals surface area (Å²) >= 11 is 0. The van der Waals surface area contributed by atoms with E-state index in [1.165, 1.54) is 12.0 Å². The summed E-state index contributed by atoms with van der Waals surface area (Å²) in [5, 5.41) is 3.47. The number of nitrogens with one attached hydrogen (secondary N) is 1. The Bertz CT molecular complexity index is 324. The van der Waals surface area contributed by atoms with Crippen LogP contribution in [0.2, 0.25) is 0 Å². The first-order valence-corrected chi connectivity index (χ1v) is 5.70. The number of hydrogen-bond donors (Lipinski definition) is 1. The third kappa shape index (κ3) is 2.00. The fraction of sp³-hybridized carbons (Fsp3) is 0.538. The number of rotatable bonds is 3. The molecule has 82 valence electrons. The first kappa shape index (κ1) is 10.5. The molecular weight excluding hydrogens is 186 g/mol. The van der Waals surface area contributed by atoms with Crippen LogP contribution < -0.4 is 10.1 Å². The molecule has 15 heavy (non-hydrogen) atoms. The molecule has 0 amide bonds. The van der Waals surface area contributed by atoms with Crippen LogP contribution in [0.4, 0.5) is 0 Å². The molecule has 1 aromatic carbocycles. The van der Waals surface area contributed by atoms with Gasteiger partial charge in [-0.2, -0.15) is 0 Å². The van der Waals surface area contributed by atoms with E-state index < -0.39 is 0 Å². The van der Waals surface area contributed by atoms with Crippen molar-refractivity contribution in [1.29, 1.82) is 0 Å². The van der Waals surface area contributed by atoms with Gasteiger partial charge < -0.3 is 10.1 Å². The molecule has 0 aliphatic carbocycles. The van der Waals surface area contributed by atoms with Gasteiger partial charge in [-0.1, -0.05) is 31.5 Å². The zero-order chi connectivity index (χ0) is 10.7. The molecule has 0 aromatic heterocycles. The quantitative estimate of drug-likeness (QED) is 0.818. The van der Waals surface area contributed by atoms with Gasteiger partial charge in [0.1, 0.15) is 5.75 Å². The summed E-state index contributed by atoms with van der Waals surface area (Å²) < 4.78 is 5.42.